The highest BCUT2D eigenvalue weighted by Crippen LogP contribution is 2.29. The number of hydrogen-bond acceptors (Lipinski definition) is 2. The van der Waals surface area contributed by atoms with Crippen molar-refractivity contribution in [3.8, 4) is 66.8 Å². The van der Waals surface area contributed by atoms with Gasteiger partial charge in [-0.25, -0.2) is 0 Å². The smallest absolute Gasteiger partial charge is 0.159 e. The number of ketones is 2. The van der Waals surface area contributed by atoms with Gasteiger partial charge in [0.2, 0.25) is 0 Å². The van der Waals surface area contributed by atoms with Crippen molar-refractivity contribution in [1.29, 1.82) is 0 Å². The number of carbonyl (C=O) groups is 2. The third-order valence-corrected chi connectivity index (χ3v) is 12.4. The summed E-state index contributed by atoms with van der Waals surface area (Å²) in [5.41, 5.74) is 21.5. The molecule has 0 unspecified atom stereocenters. The van der Waals surface area contributed by atoms with Gasteiger partial charge in [-0.05, 0) is 123 Å². The topological polar surface area (TPSA) is 34.1 Å². The van der Waals surface area contributed by atoms with Gasteiger partial charge in [0, 0.05) is 11.1 Å². The van der Waals surface area contributed by atoms with Crippen LogP contribution in [0, 0.1) is 6.92 Å². The van der Waals surface area contributed by atoms with Gasteiger partial charge >= 0.3 is 0 Å². The Balaban J connectivity index is 0.000000167. The Labute approximate surface area is 406 Å². The summed E-state index contributed by atoms with van der Waals surface area (Å²) in [6, 6.07) is 76.4. The van der Waals surface area contributed by atoms with Crippen LogP contribution < -0.4 is 0 Å². The molecule has 2 heteroatoms. The van der Waals surface area contributed by atoms with Gasteiger partial charge in [0.25, 0.3) is 0 Å². The molecule has 0 aliphatic carbocycles. The molecule has 9 aromatic carbocycles. The minimum absolute atomic E-state index is 0. The van der Waals surface area contributed by atoms with Gasteiger partial charge in [-0.2, -0.15) is 0 Å². The molecule has 68 heavy (non-hydrogen) atoms. The minimum atomic E-state index is 0. The largest absolute Gasteiger partial charge is 0.295 e. The van der Waals surface area contributed by atoms with E-state index in [4.69, 9.17) is 0 Å². The second kappa shape index (κ2) is 24.2. The number of aryl methyl sites for hydroxylation is 4. The molecule has 0 aliphatic rings. The Morgan fingerprint density at radius 1 is 0.265 bits per heavy atom. The third kappa shape index (κ3) is 13.2. The second-order valence-electron chi connectivity index (χ2n) is 17.0. The average molecular weight is 889 g/mol. The summed E-state index contributed by atoms with van der Waals surface area (Å²) in [7, 11) is 0. The molecule has 0 aliphatic heterocycles. The number of hydrogen-bond donors (Lipinski definition) is 0. The van der Waals surface area contributed by atoms with E-state index in [1.165, 1.54) is 66.8 Å². The third-order valence-electron chi connectivity index (χ3n) is 12.4. The van der Waals surface area contributed by atoms with Crippen LogP contribution in [0.3, 0.4) is 0 Å². The van der Waals surface area contributed by atoms with Crippen LogP contribution in [0.25, 0.3) is 66.8 Å². The van der Waals surface area contributed by atoms with Gasteiger partial charge < -0.3 is 0 Å². The van der Waals surface area contributed by atoms with Crippen molar-refractivity contribution < 1.29 is 9.59 Å². The summed E-state index contributed by atoms with van der Waals surface area (Å²) < 4.78 is 0. The fourth-order valence-electron chi connectivity index (χ4n) is 7.90. The van der Waals surface area contributed by atoms with Crippen LogP contribution in [0.5, 0.6) is 0 Å². The lowest BCUT2D eigenvalue weighted by atomic mass is 9.98. The highest BCUT2D eigenvalue weighted by Gasteiger charge is 2.06. The van der Waals surface area contributed by atoms with E-state index in [-0.39, 0.29) is 19.0 Å². The monoisotopic (exact) mass is 888 g/mol. The molecule has 0 bridgehead atoms. The zero-order valence-corrected chi connectivity index (χ0v) is 39.7. The number of Topliss-reactive ketones (excluding diaryl/α,β-unsaturated/α-hetero) is 2. The molecule has 340 valence electrons. The van der Waals surface area contributed by atoms with Crippen LogP contribution in [0.1, 0.15) is 85.0 Å². The number of rotatable bonds is 11. The molecule has 0 N–H and O–H groups in total. The van der Waals surface area contributed by atoms with Gasteiger partial charge in [0.1, 0.15) is 0 Å². The highest BCUT2D eigenvalue weighted by atomic mass is 16.1. The lowest BCUT2D eigenvalue weighted by Gasteiger charge is -2.06. The Morgan fingerprint density at radius 2 is 0.412 bits per heavy atom. The predicted octanol–water partition coefficient (Wildman–Crippen LogP) is 18.1. The summed E-state index contributed by atoms with van der Waals surface area (Å²) in [6.45, 7) is 11.8. The Kier molecular flexibility index (Phi) is 17.7. The summed E-state index contributed by atoms with van der Waals surface area (Å²) in [5.74, 6) is 0.199. The Bertz CT molecular complexity index is 2810. The van der Waals surface area contributed by atoms with E-state index < -0.39 is 0 Å². The van der Waals surface area contributed by atoms with E-state index >= 15 is 0 Å². The molecule has 0 saturated carbocycles. The van der Waals surface area contributed by atoms with Gasteiger partial charge in [0.05, 0.1) is 0 Å². The lowest BCUT2D eigenvalue weighted by molar-refractivity contribution is 0.100. The minimum Gasteiger partial charge on any atom is -0.295 e. The first kappa shape index (κ1) is 49.7. The lowest BCUT2D eigenvalue weighted by Crippen LogP contribution is -1.90. The molecule has 0 atom stereocenters. The molecular weight excluding hydrogens is 825 g/mol. The predicted molar refractivity (Wildman–Crippen MR) is 292 cm³/mol. The van der Waals surface area contributed by atoms with Gasteiger partial charge in [-0.15, -0.1) is 0 Å². The molecule has 0 spiro atoms. The summed E-state index contributed by atoms with van der Waals surface area (Å²) >= 11 is 0. The van der Waals surface area contributed by atoms with Crippen molar-refractivity contribution in [2.45, 2.75) is 68.2 Å². The van der Waals surface area contributed by atoms with Crippen LogP contribution in [-0.4, -0.2) is 11.6 Å². The van der Waals surface area contributed by atoms with Crippen molar-refractivity contribution >= 4 is 11.6 Å². The van der Waals surface area contributed by atoms with Crippen LogP contribution in [-0.2, 0) is 19.3 Å². The van der Waals surface area contributed by atoms with Crippen LogP contribution in [0.4, 0.5) is 0 Å². The first-order valence-electron chi connectivity index (χ1n) is 23.5. The molecule has 0 aromatic heterocycles. The zero-order valence-electron chi connectivity index (χ0n) is 39.7. The summed E-state index contributed by atoms with van der Waals surface area (Å²) in [4.78, 5) is 22.7. The van der Waals surface area contributed by atoms with E-state index in [1.54, 1.807) is 13.8 Å². The van der Waals surface area contributed by atoms with E-state index in [1.807, 2.05) is 48.5 Å². The van der Waals surface area contributed by atoms with Gasteiger partial charge in [-0.1, -0.05) is 252 Å². The Hall–Kier alpha value is -7.68. The van der Waals surface area contributed by atoms with Crippen molar-refractivity contribution in [2.75, 3.05) is 0 Å². The van der Waals surface area contributed by atoms with E-state index in [2.05, 4.69) is 198 Å². The van der Waals surface area contributed by atoms with Crippen LogP contribution in [0.15, 0.2) is 218 Å². The quantitative estimate of drug-likeness (QED) is 0.121. The fraction of sp³-hybridized carbons (Fsp3) is 0.152. The SMILES string of the molecule is C.CCc1ccc(-c2ccc(-c3ccc(C(C)=O)cc3)cc2)cc1.CCc1ccc(-c2ccc(-c3ccc(C(C)=O)cc3)cc2)cc1.CCc1ccc(-c2ccc(-c3ccc(C)cc3)cc2)cc1. The highest BCUT2D eigenvalue weighted by molar-refractivity contribution is 5.95. The van der Waals surface area contributed by atoms with E-state index in [0.717, 1.165) is 52.6 Å². The zero-order chi connectivity index (χ0) is 47.1. The molecule has 0 radical (unpaired) electrons. The maximum atomic E-state index is 11.3. The maximum absolute atomic E-state index is 11.3. The molecule has 0 heterocycles. The van der Waals surface area contributed by atoms with Crippen LogP contribution in [0.2, 0.25) is 0 Å². The normalized spacial score (nSPS) is 10.4. The van der Waals surface area contributed by atoms with Gasteiger partial charge in [-0.3, -0.25) is 9.59 Å². The number of benzene rings is 9. The van der Waals surface area contributed by atoms with Crippen molar-refractivity contribution in [2.24, 2.45) is 0 Å². The molecular formula is C66H64O2. The van der Waals surface area contributed by atoms with Crippen molar-refractivity contribution in [3.63, 3.8) is 0 Å². The first-order chi connectivity index (χ1) is 32.6. The average Bonchev–Trinajstić information content (AvgIpc) is 3.39. The van der Waals surface area contributed by atoms with Crippen molar-refractivity contribution in [1.82, 2.24) is 0 Å². The van der Waals surface area contributed by atoms with E-state index in [0.29, 0.717) is 0 Å². The van der Waals surface area contributed by atoms with Crippen molar-refractivity contribution in [3.05, 3.63) is 252 Å². The standard InChI is InChI=1S/2C22H20O.C21H20.CH4/c2*1-3-17-4-6-19(7-5-17)21-12-14-22(15-13-21)20-10-8-18(9-11-20)16(2)23;1-3-17-6-10-19(11-7-17)21-14-12-20(13-15-21)18-8-4-16(2)5-9-18;/h2*4-15H,3H2,1-2H3;4-15H,3H2,1-2H3;1H4. The molecule has 0 saturated heterocycles. The molecule has 2 nitrogen and oxygen atoms in total. The molecule has 0 amide bonds. The molecule has 0 fully saturated rings. The van der Waals surface area contributed by atoms with E-state index in [9.17, 15) is 9.59 Å². The fourth-order valence-corrected chi connectivity index (χ4v) is 7.90. The number of carbonyl (C=O) groups excluding carboxylic acids is 2. The van der Waals surface area contributed by atoms with Gasteiger partial charge in [0.15, 0.2) is 11.6 Å². The molecule has 9 rings (SSSR count). The Morgan fingerprint density at radius 3 is 0.574 bits per heavy atom. The molecule has 9 aromatic rings. The maximum Gasteiger partial charge on any atom is 0.159 e. The second-order valence-corrected chi connectivity index (χ2v) is 17.0. The summed E-state index contributed by atoms with van der Waals surface area (Å²) in [6.07, 6.45) is 3.22. The van der Waals surface area contributed by atoms with Crippen LogP contribution >= 0.6 is 0 Å². The summed E-state index contributed by atoms with van der Waals surface area (Å²) in [5, 5.41) is 0. The first-order valence-corrected chi connectivity index (χ1v) is 23.5.